The first-order chi connectivity index (χ1) is 7.27. The van der Waals surface area contributed by atoms with Crippen LogP contribution in [0.3, 0.4) is 0 Å². The van der Waals surface area contributed by atoms with Crippen LogP contribution in [-0.2, 0) is 9.59 Å². The monoisotopic (exact) mass is 230 g/mol. The molecular weight excluding hydrogens is 208 g/mol. The van der Waals surface area contributed by atoms with E-state index >= 15 is 0 Å². The summed E-state index contributed by atoms with van der Waals surface area (Å²) in [6.45, 7) is 8.41. The zero-order valence-electron chi connectivity index (χ0n) is 10.8. The summed E-state index contributed by atoms with van der Waals surface area (Å²) in [5.74, 6) is -0.968. The maximum Gasteiger partial charge on any atom is 0.323 e. The Morgan fingerprint density at radius 2 is 1.62 bits per heavy atom. The van der Waals surface area contributed by atoms with Gasteiger partial charge in [-0.25, -0.2) is 0 Å². The first-order valence-electron chi connectivity index (χ1n) is 5.49. The number of carbonyl (C=O) groups is 2. The molecule has 0 saturated heterocycles. The summed E-state index contributed by atoms with van der Waals surface area (Å²) in [5.41, 5.74) is -1.02. The van der Waals surface area contributed by atoms with Gasteiger partial charge in [0, 0.05) is 13.1 Å². The SMILES string of the molecule is CCN(CC)C(=O)CN(C)C(C)(C)C(=O)O. The normalized spacial score (nSPS) is 11.6. The van der Waals surface area contributed by atoms with Gasteiger partial charge in [0.2, 0.25) is 5.91 Å². The van der Waals surface area contributed by atoms with Crippen molar-refractivity contribution >= 4 is 11.9 Å². The molecule has 0 aromatic rings. The maximum atomic E-state index is 11.8. The molecule has 1 amide bonds. The van der Waals surface area contributed by atoms with Crippen LogP contribution in [0.25, 0.3) is 0 Å². The number of rotatable bonds is 6. The van der Waals surface area contributed by atoms with E-state index < -0.39 is 11.5 Å². The third-order valence-electron chi connectivity index (χ3n) is 2.97. The van der Waals surface area contributed by atoms with Crippen molar-refractivity contribution in [1.29, 1.82) is 0 Å². The number of carboxylic acids is 1. The number of carboxylic acid groups (broad SMARTS) is 1. The van der Waals surface area contributed by atoms with Crippen molar-refractivity contribution in [3.63, 3.8) is 0 Å². The van der Waals surface area contributed by atoms with E-state index in [0.717, 1.165) is 0 Å². The van der Waals surface area contributed by atoms with E-state index in [2.05, 4.69) is 0 Å². The number of carbonyl (C=O) groups excluding carboxylic acids is 1. The molecule has 0 fully saturated rings. The van der Waals surface area contributed by atoms with Gasteiger partial charge in [-0.3, -0.25) is 14.5 Å². The lowest BCUT2D eigenvalue weighted by atomic mass is 10.0. The van der Waals surface area contributed by atoms with Crippen LogP contribution in [-0.4, -0.2) is 59.0 Å². The second-order valence-corrected chi connectivity index (χ2v) is 4.29. The van der Waals surface area contributed by atoms with Crippen LogP contribution in [0.2, 0.25) is 0 Å². The Bertz CT molecular complexity index is 260. The summed E-state index contributed by atoms with van der Waals surface area (Å²) in [6, 6.07) is 0. The Morgan fingerprint density at radius 3 is 1.94 bits per heavy atom. The highest BCUT2D eigenvalue weighted by Gasteiger charge is 2.33. The van der Waals surface area contributed by atoms with E-state index in [4.69, 9.17) is 5.11 Å². The molecule has 0 rings (SSSR count). The zero-order valence-corrected chi connectivity index (χ0v) is 10.8. The van der Waals surface area contributed by atoms with E-state index in [0.29, 0.717) is 13.1 Å². The molecule has 5 heteroatoms. The van der Waals surface area contributed by atoms with Gasteiger partial charge in [-0.2, -0.15) is 0 Å². The second-order valence-electron chi connectivity index (χ2n) is 4.29. The molecule has 0 unspecified atom stereocenters. The van der Waals surface area contributed by atoms with E-state index in [1.807, 2.05) is 13.8 Å². The molecule has 0 aliphatic carbocycles. The van der Waals surface area contributed by atoms with E-state index in [-0.39, 0.29) is 12.5 Å². The fraction of sp³-hybridized carbons (Fsp3) is 0.818. The van der Waals surface area contributed by atoms with Gasteiger partial charge in [0.15, 0.2) is 0 Å². The van der Waals surface area contributed by atoms with Gasteiger partial charge in [-0.05, 0) is 34.7 Å². The standard InChI is InChI=1S/C11H22N2O3/c1-6-13(7-2)9(14)8-12(5)11(3,4)10(15)16/h6-8H2,1-5H3,(H,15,16). The summed E-state index contributed by atoms with van der Waals surface area (Å²) < 4.78 is 0. The van der Waals surface area contributed by atoms with Crippen LogP contribution in [0.5, 0.6) is 0 Å². The summed E-state index contributed by atoms with van der Waals surface area (Å²) >= 11 is 0. The number of hydrogen-bond donors (Lipinski definition) is 1. The highest BCUT2D eigenvalue weighted by atomic mass is 16.4. The quantitative estimate of drug-likeness (QED) is 0.728. The number of amides is 1. The molecule has 0 heterocycles. The molecule has 94 valence electrons. The van der Waals surface area contributed by atoms with Crippen molar-refractivity contribution in [3.8, 4) is 0 Å². The first-order valence-corrected chi connectivity index (χ1v) is 5.49. The summed E-state index contributed by atoms with van der Waals surface area (Å²) in [6.07, 6.45) is 0. The molecule has 0 aliphatic rings. The molecule has 0 aromatic heterocycles. The highest BCUT2D eigenvalue weighted by molar-refractivity contribution is 5.81. The van der Waals surface area contributed by atoms with Gasteiger partial charge in [0.1, 0.15) is 5.54 Å². The Morgan fingerprint density at radius 1 is 1.19 bits per heavy atom. The minimum absolute atomic E-state index is 0.0400. The molecule has 5 nitrogen and oxygen atoms in total. The minimum Gasteiger partial charge on any atom is -0.480 e. The molecule has 0 aliphatic heterocycles. The van der Waals surface area contributed by atoms with Crippen molar-refractivity contribution < 1.29 is 14.7 Å². The van der Waals surface area contributed by atoms with Crippen molar-refractivity contribution in [3.05, 3.63) is 0 Å². The lowest BCUT2D eigenvalue weighted by Gasteiger charge is -2.32. The Balaban J connectivity index is 4.51. The van der Waals surface area contributed by atoms with Crippen LogP contribution in [0.1, 0.15) is 27.7 Å². The van der Waals surface area contributed by atoms with Gasteiger partial charge >= 0.3 is 5.97 Å². The molecule has 0 atom stereocenters. The summed E-state index contributed by atoms with van der Waals surface area (Å²) in [5, 5.41) is 9.01. The maximum absolute atomic E-state index is 11.8. The largest absolute Gasteiger partial charge is 0.480 e. The average molecular weight is 230 g/mol. The molecule has 1 N–H and O–H groups in total. The van der Waals surface area contributed by atoms with Crippen LogP contribution >= 0.6 is 0 Å². The average Bonchev–Trinajstić information content (AvgIpc) is 2.18. The van der Waals surface area contributed by atoms with Gasteiger partial charge in [-0.1, -0.05) is 0 Å². The molecule has 0 aromatic carbocycles. The van der Waals surface area contributed by atoms with Crippen molar-refractivity contribution in [1.82, 2.24) is 9.80 Å². The zero-order chi connectivity index (χ0) is 12.9. The van der Waals surface area contributed by atoms with E-state index in [1.165, 1.54) is 0 Å². The molecule has 0 bridgehead atoms. The fourth-order valence-electron chi connectivity index (χ4n) is 1.24. The second kappa shape index (κ2) is 5.84. The molecule has 16 heavy (non-hydrogen) atoms. The Kier molecular flexibility index (Phi) is 5.44. The van der Waals surface area contributed by atoms with Gasteiger partial charge in [-0.15, -0.1) is 0 Å². The lowest BCUT2D eigenvalue weighted by Crippen LogP contribution is -2.52. The molecule has 0 radical (unpaired) electrons. The third-order valence-corrected chi connectivity index (χ3v) is 2.97. The number of hydrogen-bond acceptors (Lipinski definition) is 3. The van der Waals surface area contributed by atoms with Crippen LogP contribution in [0.15, 0.2) is 0 Å². The fourth-order valence-corrected chi connectivity index (χ4v) is 1.24. The summed E-state index contributed by atoms with van der Waals surface area (Å²) in [4.78, 5) is 26.0. The predicted octanol–water partition coefficient (Wildman–Crippen LogP) is 0.650. The number of nitrogens with zero attached hydrogens (tertiary/aromatic N) is 2. The lowest BCUT2D eigenvalue weighted by molar-refractivity contribution is -0.150. The smallest absolute Gasteiger partial charge is 0.323 e. The predicted molar refractivity (Wildman–Crippen MR) is 62.3 cm³/mol. The van der Waals surface area contributed by atoms with Crippen LogP contribution < -0.4 is 0 Å². The molecule has 0 saturated carbocycles. The number of likely N-dealkylation sites (N-methyl/N-ethyl adjacent to an activating group) is 2. The van der Waals surface area contributed by atoms with Crippen molar-refractivity contribution in [2.45, 2.75) is 33.2 Å². The van der Waals surface area contributed by atoms with E-state index in [1.54, 1.807) is 30.7 Å². The number of aliphatic carboxylic acids is 1. The third kappa shape index (κ3) is 3.48. The molecule has 0 spiro atoms. The summed E-state index contributed by atoms with van der Waals surface area (Å²) in [7, 11) is 1.65. The van der Waals surface area contributed by atoms with Crippen LogP contribution in [0, 0.1) is 0 Å². The first kappa shape index (κ1) is 14.9. The van der Waals surface area contributed by atoms with Crippen LogP contribution in [0.4, 0.5) is 0 Å². The minimum atomic E-state index is -1.02. The Labute approximate surface area is 97.0 Å². The highest BCUT2D eigenvalue weighted by Crippen LogP contribution is 2.12. The topological polar surface area (TPSA) is 60.9 Å². The van der Waals surface area contributed by atoms with Gasteiger partial charge in [0.05, 0.1) is 6.54 Å². The van der Waals surface area contributed by atoms with E-state index in [9.17, 15) is 9.59 Å². The van der Waals surface area contributed by atoms with Gasteiger partial charge in [0.25, 0.3) is 0 Å². The Hall–Kier alpha value is -1.10. The van der Waals surface area contributed by atoms with Crippen molar-refractivity contribution in [2.75, 3.05) is 26.7 Å². The van der Waals surface area contributed by atoms with Crippen molar-refractivity contribution in [2.24, 2.45) is 0 Å². The molecular formula is C11H22N2O3. The van der Waals surface area contributed by atoms with Gasteiger partial charge < -0.3 is 10.0 Å².